The lowest BCUT2D eigenvalue weighted by atomic mass is 9.95. The zero-order valence-electron chi connectivity index (χ0n) is 10.2. The zero-order valence-corrected chi connectivity index (χ0v) is 11.7. The lowest BCUT2D eigenvalue weighted by molar-refractivity contribution is -0.139. The summed E-state index contributed by atoms with van der Waals surface area (Å²) in [6, 6.07) is 6.83. The third-order valence-electron chi connectivity index (χ3n) is 2.79. The molecule has 0 atom stereocenters. The molecular weight excluding hydrogens is 334 g/mol. The maximum absolute atomic E-state index is 13.2. The molecule has 0 N–H and O–H groups in total. The Morgan fingerprint density at radius 1 is 0.905 bits per heavy atom. The van der Waals surface area contributed by atoms with Crippen LogP contribution in [0.4, 0.5) is 22.0 Å². The Hall–Kier alpha value is -1.33. The first kappa shape index (κ1) is 16.0. The second-order valence-corrected chi connectivity index (χ2v) is 5.10. The molecule has 21 heavy (non-hydrogen) atoms. The van der Waals surface area contributed by atoms with Crippen molar-refractivity contribution in [2.75, 3.05) is 0 Å². The molecule has 2 aromatic carbocycles. The fourth-order valence-corrected chi connectivity index (χ4v) is 2.54. The number of alkyl halides is 5. The molecule has 0 saturated carbocycles. The lowest BCUT2D eigenvalue weighted by Crippen LogP contribution is -2.11. The smallest absolute Gasteiger partial charge is 0.205 e. The van der Waals surface area contributed by atoms with Gasteiger partial charge in [-0.25, -0.2) is 8.78 Å². The van der Waals surface area contributed by atoms with Crippen LogP contribution < -0.4 is 0 Å². The fraction of sp³-hybridized carbons (Fsp3) is 0.143. The minimum absolute atomic E-state index is 0.0299. The Balaban J connectivity index is 2.77. The van der Waals surface area contributed by atoms with Crippen LogP contribution >= 0.6 is 23.2 Å². The van der Waals surface area contributed by atoms with Gasteiger partial charge < -0.3 is 0 Å². The summed E-state index contributed by atoms with van der Waals surface area (Å²) in [7, 11) is 0. The highest BCUT2D eigenvalue weighted by Crippen LogP contribution is 2.43. The van der Waals surface area contributed by atoms with E-state index in [0.717, 1.165) is 18.2 Å². The highest BCUT2D eigenvalue weighted by molar-refractivity contribution is 6.35. The molecule has 0 fully saturated rings. The second kappa shape index (κ2) is 5.81. The van der Waals surface area contributed by atoms with Crippen LogP contribution in [0, 0.1) is 0 Å². The second-order valence-electron chi connectivity index (χ2n) is 4.23. The summed E-state index contributed by atoms with van der Waals surface area (Å²) in [6.07, 6.45) is -8.16. The van der Waals surface area contributed by atoms with Crippen molar-refractivity contribution in [3.63, 3.8) is 0 Å². The van der Waals surface area contributed by atoms with Gasteiger partial charge in [0.2, 0.25) is 0 Å². The molecule has 0 heterocycles. The van der Waals surface area contributed by atoms with E-state index in [-0.39, 0.29) is 21.2 Å². The Morgan fingerprint density at radius 3 is 1.95 bits per heavy atom. The zero-order chi connectivity index (χ0) is 15.8. The van der Waals surface area contributed by atoms with E-state index in [0.29, 0.717) is 0 Å². The molecule has 2 aromatic rings. The minimum Gasteiger partial charge on any atom is -0.205 e. The van der Waals surface area contributed by atoms with Crippen molar-refractivity contribution in [3.8, 4) is 11.1 Å². The van der Waals surface area contributed by atoms with E-state index < -0.39 is 23.7 Å². The molecule has 2 rings (SSSR count). The minimum atomic E-state index is -4.92. The van der Waals surface area contributed by atoms with Gasteiger partial charge in [-0.2, -0.15) is 13.2 Å². The molecule has 0 unspecified atom stereocenters. The quantitative estimate of drug-likeness (QED) is 0.539. The average molecular weight is 341 g/mol. The predicted molar refractivity (Wildman–Crippen MR) is 71.9 cm³/mol. The van der Waals surface area contributed by atoms with E-state index in [9.17, 15) is 22.0 Å². The van der Waals surface area contributed by atoms with Crippen LogP contribution in [-0.4, -0.2) is 0 Å². The number of hydrogen-bond donors (Lipinski definition) is 0. The number of hydrogen-bond acceptors (Lipinski definition) is 0. The first-order chi connectivity index (χ1) is 9.70. The van der Waals surface area contributed by atoms with E-state index >= 15 is 0 Å². The largest absolute Gasteiger partial charge is 0.417 e. The summed E-state index contributed by atoms with van der Waals surface area (Å²) in [5.41, 5.74) is -2.80. The Bertz CT molecular complexity index is 645. The van der Waals surface area contributed by atoms with Crippen molar-refractivity contribution >= 4 is 23.2 Å². The van der Waals surface area contributed by atoms with Crippen LogP contribution in [0.5, 0.6) is 0 Å². The summed E-state index contributed by atoms with van der Waals surface area (Å²) >= 11 is 11.5. The maximum atomic E-state index is 13.2. The van der Waals surface area contributed by atoms with E-state index in [1.165, 1.54) is 18.2 Å². The van der Waals surface area contributed by atoms with Gasteiger partial charge in [0.1, 0.15) is 0 Å². The van der Waals surface area contributed by atoms with Gasteiger partial charge in [-0.05, 0) is 29.3 Å². The normalized spacial score (nSPS) is 12.0. The molecule has 0 bridgehead atoms. The third-order valence-corrected chi connectivity index (χ3v) is 3.23. The monoisotopic (exact) mass is 340 g/mol. The van der Waals surface area contributed by atoms with Crippen LogP contribution in [0.15, 0.2) is 36.4 Å². The van der Waals surface area contributed by atoms with Crippen LogP contribution in [-0.2, 0) is 6.18 Å². The number of rotatable bonds is 2. The molecule has 0 aliphatic rings. The van der Waals surface area contributed by atoms with Crippen LogP contribution in [0.25, 0.3) is 11.1 Å². The average Bonchev–Trinajstić information content (AvgIpc) is 2.35. The molecular formula is C14H7Cl2F5. The molecule has 0 spiro atoms. The van der Waals surface area contributed by atoms with Crippen molar-refractivity contribution in [2.24, 2.45) is 0 Å². The Morgan fingerprint density at radius 2 is 1.48 bits per heavy atom. The van der Waals surface area contributed by atoms with Crippen molar-refractivity contribution < 1.29 is 22.0 Å². The molecule has 0 aliphatic carbocycles. The van der Waals surface area contributed by atoms with E-state index in [2.05, 4.69) is 0 Å². The highest BCUT2D eigenvalue weighted by Gasteiger charge is 2.38. The highest BCUT2D eigenvalue weighted by atomic mass is 35.5. The van der Waals surface area contributed by atoms with E-state index in [4.69, 9.17) is 23.2 Å². The lowest BCUT2D eigenvalue weighted by Gasteiger charge is -2.17. The van der Waals surface area contributed by atoms with Gasteiger partial charge >= 0.3 is 6.18 Å². The van der Waals surface area contributed by atoms with Crippen molar-refractivity contribution in [1.29, 1.82) is 0 Å². The topological polar surface area (TPSA) is 0 Å². The summed E-state index contributed by atoms with van der Waals surface area (Å²) in [5.74, 6) is 0. The Kier molecular flexibility index (Phi) is 4.44. The SMILES string of the molecule is FC(F)c1cccc(-c2cc(Cl)cc(Cl)c2)c1C(F)(F)F. The van der Waals surface area contributed by atoms with E-state index in [1.807, 2.05) is 0 Å². The number of benzene rings is 2. The molecule has 0 aromatic heterocycles. The first-order valence-corrected chi connectivity index (χ1v) is 6.40. The van der Waals surface area contributed by atoms with E-state index in [1.54, 1.807) is 0 Å². The fourth-order valence-electron chi connectivity index (χ4n) is 2.02. The van der Waals surface area contributed by atoms with Gasteiger partial charge in [0.25, 0.3) is 6.43 Å². The number of halogens is 7. The first-order valence-electron chi connectivity index (χ1n) is 5.65. The molecule has 7 heteroatoms. The summed E-state index contributed by atoms with van der Waals surface area (Å²) in [4.78, 5) is 0. The molecule has 112 valence electrons. The van der Waals surface area contributed by atoms with Gasteiger partial charge in [0.15, 0.2) is 0 Å². The van der Waals surface area contributed by atoms with Gasteiger partial charge in [-0.15, -0.1) is 0 Å². The summed E-state index contributed by atoms with van der Waals surface area (Å²) < 4.78 is 65.2. The van der Waals surface area contributed by atoms with Gasteiger partial charge in [-0.3, -0.25) is 0 Å². The maximum Gasteiger partial charge on any atom is 0.417 e. The van der Waals surface area contributed by atoms with Crippen LogP contribution in [0.3, 0.4) is 0 Å². The summed E-state index contributed by atoms with van der Waals surface area (Å²) in [5, 5.41) is 0.237. The third kappa shape index (κ3) is 3.47. The standard InChI is InChI=1S/C14H7Cl2F5/c15-8-4-7(5-9(16)6-8)10-2-1-3-11(13(17)18)12(10)14(19,20)21/h1-6,13H. The molecule has 0 aliphatic heterocycles. The molecule has 0 amide bonds. The Labute approximate surface area is 127 Å². The summed E-state index contributed by atoms with van der Waals surface area (Å²) in [6.45, 7) is 0. The molecule has 0 saturated heterocycles. The predicted octanol–water partition coefficient (Wildman–Crippen LogP) is 6.62. The van der Waals surface area contributed by atoms with Crippen molar-refractivity contribution in [2.45, 2.75) is 12.6 Å². The van der Waals surface area contributed by atoms with Crippen molar-refractivity contribution in [1.82, 2.24) is 0 Å². The van der Waals surface area contributed by atoms with Crippen molar-refractivity contribution in [3.05, 3.63) is 57.6 Å². The molecule has 0 nitrogen and oxygen atoms in total. The van der Waals surface area contributed by atoms with Gasteiger partial charge in [-0.1, -0.05) is 41.4 Å². The van der Waals surface area contributed by atoms with Gasteiger partial charge in [0, 0.05) is 15.6 Å². The van der Waals surface area contributed by atoms with Gasteiger partial charge in [0.05, 0.1) is 5.56 Å². The molecule has 0 radical (unpaired) electrons. The van der Waals surface area contributed by atoms with Crippen LogP contribution in [0.1, 0.15) is 17.6 Å². The van der Waals surface area contributed by atoms with Crippen LogP contribution in [0.2, 0.25) is 10.0 Å².